The topological polar surface area (TPSA) is 91.1 Å². The second-order valence-corrected chi connectivity index (χ2v) is 6.96. The molecule has 2 N–H and O–H groups in total. The van der Waals surface area contributed by atoms with Gasteiger partial charge in [-0.3, -0.25) is 0 Å². The molecule has 0 amide bonds. The number of thioether (sulfide) groups is 1. The molecule has 0 unspecified atom stereocenters. The van der Waals surface area contributed by atoms with Gasteiger partial charge in [-0.1, -0.05) is 0 Å². The Morgan fingerprint density at radius 3 is 2.66 bits per heavy atom. The van der Waals surface area contributed by atoms with E-state index in [0.29, 0.717) is 29.4 Å². The Labute approximate surface area is 170 Å². The molecule has 0 saturated carbocycles. The van der Waals surface area contributed by atoms with Gasteiger partial charge in [0.1, 0.15) is 17.6 Å². The van der Waals surface area contributed by atoms with E-state index in [2.05, 4.69) is 15.3 Å². The highest BCUT2D eigenvalue weighted by Crippen LogP contribution is 2.34. The van der Waals surface area contributed by atoms with Crippen molar-refractivity contribution in [2.24, 2.45) is 0 Å². The molecule has 0 bridgehead atoms. The van der Waals surface area contributed by atoms with E-state index in [1.165, 1.54) is 24.0 Å². The summed E-state index contributed by atoms with van der Waals surface area (Å²) in [5, 5.41) is 20.8. The molecule has 3 aromatic rings. The summed E-state index contributed by atoms with van der Waals surface area (Å²) in [7, 11) is 0. The number of ether oxygens (including phenoxy) is 1. The van der Waals surface area contributed by atoms with Crippen LogP contribution in [0.2, 0.25) is 0 Å². The van der Waals surface area contributed by atoms with Crippen LogP contribution in [0.5, 0.6) is 11.5 Å². The number of aliphatic hydroxyl groups excluding tert-OH is 1. The van der Waals surface area contributed by atoms with E-state index in [4.69, 9.17) is 15.1 Å². The maximum Gasteiger partial charge on any atom is 0.175 e. The average Bonchev–Trinajstić information content (AvgIpc) is 2.73. The summed E-state index contributed by atoms with van der Waals surface area (Å²) in [5.74, 6) is -0.149. The number of hydrogen-bond donors (Lipinski definition) is 2. The number of nitrogens with one attached hydrogen (secondary N) is 1. The van der Waals surface area contributed by atoms with Gasteiger partial charge in [-0.15, -0.1) is 11.8 Å². The predicted molar refractivity (Wildman–Crippen MR) is 105 cm³/mol. The minimum absolute atomic E-state index is 0.0860. The third kappa shape index (κ3) is 5.63. The number of nitrogens with zero attached hydrogens (tertiary/aromatic N) is 3. The summed E-state index contributed by atoms with van der Waals surface area (Å²) >= 11 is 1.48. The van der Waals surface area contributed by atoms with Gasteiger partial charge in [-0.25, -0.2) is 18.7 Å². The Morgan fingerprint density at radius 2 is 1.97 bits per heavy atom. The zero-order valence-electron chi connectivity index (χ0n) is 15.1. The Hall–Kier alpha value is -3.22. The third-order valence-electron chi connectivity index (χ3n) is 3.66. The first kappa shape index (κ1) is 20.5. The fourth-order valence-corrected chi connectivity index (χ4v) is 3.08. The fourth-order valence-electron chi connectivity index (χ4n) is 2.25. The summed E-state index contributed by atoms with van der Waals surface area (Å²) in [5.41, 5.74) is 0.414. The molecule has 9 heteroatoms. The second-order valence-electron chi connectivity index (χ2n) is 5.79. The molecule has 0 aliphatic carbocycles. The minimum atomic E-state index is -1.02. The quantitative estimate of drug-likeness (QED) is 0.410. The first-order valence-electron chi connectivity index (χ1n) is 8.59. The van der Waals surface area contributed by atoms with Crippen LogP contribution in [0, 0.1) is 23.0 Å². The van der Waals surface area contributed by atoms with Gasteiger partial charge in [-0.05, 0) is 36.8 Å². The van der Waals surface area contributed by atoms with Gasteiger partial charge in [0.25, 0.3) is 0 Å². The molecule has 0 atom stereocenters. The Balaban J connectivity index is 1.88. The van der Waals surface area contributed by atoms with Crippen LogP contribution in [0.25, 0.3) is 0 Å². The van der Waals surface area contributed by atoms with Crippen molar-refractivity contribution in [2.75, 3.05) is 17.7 Å². The molecule has 0 spiro atoms. The molecule has 0 saturated heterocycles. The van der Waals surface area contributed by atoms with Crippen LogP contribution in [0.15, 0.2) is 53.7 Å². The highest BCUT2D eigenvalue weighted by molar-refractivity contribution is 7.99. The lowest BCUT2D eigenvalue weighted by atomic mass is 10.3. The van der Waals surface area contributed by atoms with Crippen LogP contribution in [-0.4, -0.2) is 27.4 Å². The maximum absolute atomic E-state index is 13.5. The number of benzene rings is 1. The van der Waals surface area contributed by atoms with E-state index in [9.17, 15) is 8.78 Å². The zero-order valence-corrected chi connectivity index (χ0v) is 15.9. The van der Waals surface area contributed by atoms with Gasteiger partial charge in [-0.2, -0.15) is 5.26 Å². The first-order chi connectivity index (χ1) is 14.1. The van der Waals surface area contributed by atoms with Gasteiger partial charge in [0.15, 0.2) is 23.2 Å². The maximum atomic E-state index is 13.5. The average molecular weight is 414 g/mol. The number of rotatable bonds is 8. The minimum Gasteiger partial charge on any atom is -0.453 e. The molecule has 0 aliphatic heterocycles. The molecule has 0 fully saturated rings. The summed E-state index contributed by atoms with van der Waals surface area (Å²) in [6, 6.07) is 10.2. The van der Waals surface area contributed by atoms with E-state index >= 15 is 0 Å². The zero-order chi connectivity index (χ0) is 20.6. The van der Waals surface area contributed by atoms with Crippen molar-refractivity contribution in [1.82, 2.24) is 9.97 Å². The van der Waals surface area contributed by atoms with Gasteiger partial charge in [0.2, 0.25) is 0 Å². The van der Waals surface area contributed by atoms with Crippen LogP contribution >= 0.6 is 11.8 Å². The van der Waals surface area contributed by atoms with Crippen molar-refractivity contribution >= 4 is 23.4 Å². The van der Waals surface area contributed by atoms with Crippen molar-refractivity contribution in [1.29, 1.82) is 5.26 Å². The second kappa shape index (κ2) is 9.82. The molecular weight excluding hydrogens is 398 g/mol. The molecule has 3 rings (SSSR count). The predicted octanol–water partition coefficient (Wildman–Crippen LogP) is 4.64. The van der Waals surface area contributed by atoms with Crippen molar-refractivity contribution in [3.63, 3.8) is 0 Å². The Bertz CT molecular complexity index is 1030. The largest absolute Gasteiger partial charge is 0.453 e. The normalized spacial score (nSPS) is 10.4. The van der Waals surface area contributed by atoms with Crippen molar-refractivity contribution in [3.8, 4) is 17.6 Å². The molecule has 0 radical (unpaired) electrons. The summed E-state index contributed by atoms with van der Waals surface area (Å²) < 4.78 is 32.5. The number of anilines is 2. The smallest absolute Gasteiger partial charge is 0.175 e. The van der Waals surface area contributed by atoms with Crippen LogP contribution in [0.4, 0.5) is 20.4 Å². The van der Waals surface area contributed by atoms with Gasteiger partial charge < -0.3 is 15.2 Å². The number of aromatic nitrogens is 2. The van der Waals surface area contributed by atoms with Crippen LogP contribution < -0.4 is 10.1 Å². The van der Waals surface area contributed by atoms with Crippen molar-refractivity contribution in [2.45, 2.75) is 11.3 Å². The number of hydrogen-bond acceptors (Lipinski definition) is 7. The monoisotopic (exact) mass is 414 g/mol. The number of aliphatic hydroxyl groups is 1. The van der Waals surface area contributed by atoms with E-state index in [1.54, 1.807) is 24.4 Å². The molecule has 29 heavy (non-hydrogen) atoms. The lowest BCUT2D eigenvalue weighted by molar-refractivity contribution is 0.296. The lowest BCUT2D eigenvalue weighted by Crippen LogP contribution is -2.00. The third-order valence-corrected chi connectivity index (χ3v) is 4.71. The van der Waals surface area contributed by atoms with Gasteiger partial charge in [0.05, 0.1) is 5.56 Å². The van der Waals surface area contributed by atoms with Crippen molar-refractivity contribution < 1.29 is 18.6 Å². The number of nitriles is 1. The number of pyridine rings is 2. The van der Waals surface area contributed by atoms with E-state index in [0.717, 1.165) is 17.0 Å². The highest BCUT2D eigenvalue weighted by Gasteiger charge is 2.12. The first-order valence-corrected chi connectivity index (χ1v) is 9.57. The fraction of sp³-hybridized carbons (Fsp3) is 0.150. The Kier molecular flexibility index (Phi) is 6.94. The molecule has 2 aromatic heterocycles. The SMILES string of the molecule is N#Cc1ccc(Nc2ncc(SCCCO)cc2Oc2ccc(F)c(F)c2)nc1. The summed E-state index contributed by atoms with van der Waals surface area (Å²) in [6.07, 6.45) is 3.67. The highest BCUT2D eigenvalue weighted by atomic mass is 32.2. The Morgan fingerprint density at radius 1 is 1.10 bits per heavy atom. The van der Waals surface area contributed by atoms with Crippen LogP contribution in [0.3, 0.4) is 0 Å². The standard InChI is InChI=1S/C20H16F2N4O2S/c21-16-4-3-14(8-17(16)22)28-18-9-15(29-7-1-6-27)12-25-20(18)26-19-5-2-13(10-23)11-24-19/h2-5,8-9,11-12,27H,1,6-7H2,(H,24,25,26). The van der Waals surface area contributed by atoms with Gasteiger partial charge in [0, 0.05) is 35.7 Å². The van der Waals surface area contributed by atoms with E-state index < -0.39 is 11.6 Å². The molecule has 0 aliphatic rings. The van der Waals surface area contributed by atoms with Gasteiger partial charge >= 0.3 is 0 Å². The lowest BCUT2D eigenvalue weighted by Gasteiger charge is -2.13. The molecule has 148 valence electrons. The van der Waals surface area contributed by atoms with Crippen LogP contribution in [-0.2, 0) is 0 Å². The summed E-state index contributed by atoms with van der Waals surface area (Å²) in [6.45, 7) is 0.0860. The number of halogens is 2. The van der Waals surface area contributed by atoms with E-state index in [-0.39, 0.29) is 18.1 Å². The van der Waals surface area contributed by atoms with Crippen LogP contribution in [0.1, 0.15) is 12.0 Å². The molecular formula is C20H16F2N4O2S. The summed E-state index contributed by atoms with van der Waals surface area (Å²) in [4.78, 5) is 9.26. The molecule has 6 nitrogen and oxygen atoms in total. The van der Waals surface area contributed by atoms with Crippen molar-refractivity contribution in [3.05, 3.63) is 66.0 Å². The molecule has 1 aromatic carbocycles. The van der Waals surface area contributed by atoms with E-state index in [1.807, 2.05) is 6.07 Å². The molecule has 2 heterocycles.